The van der Waals surface area contributed by atoms with E-state index in [4.69, 9.17) is 10.2 Å². The van der Waals surface area contributed by atoms with Crippen LogP contribution in [0, 0.1) is 0 Å². The fourth-order valence-corrected chi connectivity index (χ4v) is 4.78. The van der Waals surface area contributed by atoms with E-state index in [1.54, 1.807) is 0 Å². The quantitative estimate of drug-likeness (QED) is 0.619. The van der Waals surface area contributed by atoms with Gasteiger partial charge in [-0.15, -0.1) is 0 Å². The minimum absolute atomic E-state index is 0.0561. The van der Waals surface area contributed by atoms with E-state index < -0.39 is 9.04 Å². The normalized spacial score (nSPS) is 12.4. The summed E-state index contributed by atoms with van der Waals surface area (Å²) in [4.78, 5) is 0. The van der Waals surface area contributed by atoms with E-state index in [1.807, 2.05) is 0 Å². The molecule has 15 heavy (non-hydrogen) atoms. The van der Waals surface area contributed by atoms with Crippen LogP contribution in [0.5, 0.6) is 0 Å². The smallest absolute Gasteiger partial charge is 0.177 e. The van der Waals surface area contributed by atoms with Crippen LogP contribution < -0.4 is 5.73 Å². The lowest BCUT2D eigenvalue weighted by Crippen LogP contribution is -2.33. The Kier molecular flexibility index (Phi) is 8.38. The molecule has 0 heterocycles. The van der Waals surface area contributed by atoms with Crippen LogP contribution in [0.15, 0.2) is 0 Å². The van der Waals surface area contributed by atoms with E-state index in [2.05, 4.69) is 27.7 Å². The highest BCUT2D eigenvalue weighted by molar-refractivity contribution is 6.51. The summed E-state index contributed by atoms with van der Waals surface area (Å²) >= 11 is 0. The zero-order chi connectivity index (χ0) is 11.7. The maximum absolute atomic E-state index is 6.30. The molecule has 0 bridgehead atoms. The van der Waals surface area contributed by atoms with Crippen LogP contribution in [0.1, 0.15) is 53.4 Å². The molecule has 92 valence electrons. The van der Waals surface area contributed by atoms with Crippen molar-refractivity contribution >= 4 is 9.04 Å². The van der Waals surface area contributed by atoms with E-state index in [-0.39, 0.29) is 5.60 Å². The van der Waals surface area contributed by atoms with Gasteiger partial charge in [0.05, 0.1) is 5.60 Å². The van der Waals surface area contributed by atoms with Crippen molar-refractivity contribution in [3.05, 3.63) is 0 Å². The molecule has 0 spiro atoms. The minimum atomic E-state index is -0.942. The van der Waals surface area contributed by atoms with Crippen molar-refractivity contribution in [2.75, 3.05) is 6.54 Å². The van der Waals surface area contributed by atoms with Gasteiger partial charge in [-0.05, 0) is 45.3 Å². The lowest BCUT2D eigenvalue weighted by molar-refractivity contribution is 0.0940. The molecule has 0 saturated heterocycles. The number of rotatable bonds is 9. The third-order valence-electron chi connectivity index (χ3n) is 2.69. The second kappa shape index (κ2) is 8.31. The van der Waals surface area contributed by atoms with Gasteiger partial charge in [-0.1, -0.05) is 26.7 Å². The predicted octanol–water partition coefficient (Wildman–Crippen LogP) is 3.06. The Hall–Kier alpha value is 0.137. The molecular formula is C12H29NOSi. The first kappa shape index (κ1) is 15.1. The molecule has 0 radical (unpaired) electrons. The summed E-state index contributed by atoms with van der Waals surface area (Å²) in [7, 11) is -0.942. The van der Waals surface area contributed by atoms with Gasteiger partial charge in [-0.3, -0.25) is 0 Å². The molecule has 0 unspecified atom stereocenters. The maximum atomic E-state index is 6.30. The lowest BCUT2D eigenvalue weighted by Gasteiger charge is -2.30. The molecule has 0 aromatic carbocycles. The molecule has 2 nitrogen and oxygen atoms in total. The van der Waals surface area contributed by atoms with Crippen LogP contribution in [0.4, 0.5) is 0 Å². The summed E-state index contributed by atoms with van der Waals surface area (Å²) in [5.74, 6) is 0. The van der Waals surface area contributed by atoms with Crippen molar-refractivity contribution < 1.29 is 4.43 Å². The van der Waals surface area contributed by atoms with E-state index in [9.17, 15) is 0 Å². The van der Waals surface area contributed by atoms with Crippen molar-refractivity contribution in [3.8, 4) is 0 Å². The van der Waals surface area contributed by atoms with Crippen LogP contribution in [-0.4, -0.2) is 21.2 Å². The van der Waals surface area contributed by atoms with Crippen molar-refractivity contribution in [2.45, 2.75) is 71.1 Å². The molecule has 0 aliphatic carbocycles. The van der Waals surface area contributed by atoms with Gasteiger partial charge in [-0.2, -0.15) is 0 Å². The van der Waals surface area contributed by atoms with Crippen LogP contribution in [-0.2, 0) is 4.43 Å². The fraction of sp³-hybridized carbons (Fsp3) is 1.00. The second-order valence-electron chi connectivity index (χ2n) is 4.97. The summed E-state index contributed by atoms with van der Waals surface area (Å²) in [5, 5.41) is 0. The Balaban J connectivity index is 3.99. The standard InChI is InChI=1S/C12H29NOSi/c1-5-10-15(11-6-2)14-12(3,4)8-7-9-13/h15H,5-11,13H2,1-4H3. The molecule has 0 rings (SSSR count). The summed E-state index contributed by atoms with van der Waals surface area (Å²) in [6.07, 6.45) is 4.71. The van der Waals surface area contributed by atoms with Gasteiger partial charge in [-0.25, -0.2) is 0 Å². The zero-order valence-corrected chi connectivity index (χ0v) is 12.2. The van der Waals surface area contributed by atoms with Gasteiger partial charge in [0.1, 0.15) is 0 Å². The van der Waals surface area contributed by atoms with Crippen LogP contribution in [0.2, 0.25) is 12.1 Å². The van der Waals surface area contributed by atoms with Gasteiger partial charge in [0.2, 0.25) is 0 Å². The van der Waals surface area contributed by atoms with Crippen molar-refractivity contribution in [2.24, 2.45) is 5.73 Å². The highest BCUT2D eigenvalue weighted by Gasteiger charge is 2.22. The van der Waals surface area contributed by atoms with E-state index in [0.29, 0.717) is 0 Å². The van der Waals surface area contributed by atoms with Crippen molar-refractivity contribution in [1.29, 1.82) is 0 Å². The Bertz CT molecular complexity index is 145. The van der Waals surface area contributed by atoms with E-state index in [1.165, 1.54) is 24.9 Å². The average Bonchev–Trinajstić information content (AvgIpc) is 2.15. The first-order valence-corrected chi connectivity index (χ1v) is 8.54. The number of nitrogens with two attached hydrogens (primary N) is 1. The molecule has 0 saturated carbocycles. The fourth-order valence-electron chi connectivity index (χ4n) is 1.94. The minimum Gasteiger partial charge on any atom is -0.415 e. The first-order valence-electron chi connectivity index (χ1n) is 6.43. The van der Waals surface area contributed by atoms with Crippen LogP contribution in [0.25, 0.3) is 0 Å². The van der Waals surface area contributed by atoms with Gasteiger partial charge < -0.3 is 10.2 Å². The summed E-state index contributed by atoms with van der Waals surface area (Å²) in [5.41, 5.74) is 5.60. The molecule has 0 aliphatic heterocycles. The molecular weight excluding hydrogens is 202 g/mol. The van der Waals surface area contributed by atoms with Gasteiger partial charge >= 0.3 is 0 Å². The molecule has 2 N–H and O–H groups in total. The summed E-state index contributed by atoms with van der Waals surface area (Å²) in [6, 6.07) is 2.64. The SMILES string of the molecule is CCC[SiH](CCC)OC(C)(C)CCCN. The predicted molar refractivity (Wildman–Crippen MR) is 70.8 cm³/mol. The second-order valence-corrected chi connectivity index (χ2v) is 7.60. The Morgan fingerprint density at radius 2 is 1.67 bits per heavy atom. The molecule has 0 aromatic heterocycles. The van der Waals surface area contributed by atoms with Gasteiger partial charge in [0.15, 0.2) is 9.04 Å². The Morgan fingerprint density at radius 1 is 1.13 bits per heavy atom. The molecule has 0 aliphatic rings. The zero-order valence-electron chi connectivity index (χ0n) is 11.0. The van der Waals surface area contributed by atoms with E-state index in [0.717, 1.165) is 19.4 Å². The van der Waals surface area contributed by atoms with Crippen molar-refractivity contribution in [1.82, 2.24) is 0 Å². The third-order valence-corrected chi connectivity index (χ3v) is 6.10. The molecule has 0 aromatic rings. The Labute approximate surface area is 97.3 Å². The van der Waals surface area contributed by atoms with E-state index >= 15 is 0 Å². The van der Waals surface area contributed by atoms with Crippen molar-refractivity contribution in [3.63, 3.8) is 0 Å². The molecule has 0 atom stereocenters. The van der Waals surface area contributed by atoms with Crippen LogP contribution >= 0.6 is 0 Å². The monoisotopic (exact) mass is 231 g/mol. The molecule has 0 fully saturated rings. The lowest BCUT2D eigenvalue weighted by atomic mass is 10.0. The topological polar surface area (TPSA) is 35.2 Å². The number of hydrogen-bond donors (Lipinski definition) is 1. The van der Waals surface area contributed by atoms with Gasteiger partial charge in [0, 0.05) is 0 Å². The summed E-state index contributed by atoms with van der Waals surface area (Å²) in [6.45, 7) is 9.72. The largest absolute Gasteiger partial charge is 0.415 e. The molecule has 0 amide bonds. The van der Waals surface area contributed by atoms with Gasteiger partial charge in [0.25, 0.3) is 0 Å². The summed E-state index contributed by atoms with van der Waals surface area (Å²) < 4.78 is 6.30. The maximum Gasteiger partial charge on any atom is 0.177 e. The highest BCUT2D eigenvalue weighted by Crippen LogP contribution is 2.21. The molecule has 3 heteroatoms. The first-order chi connectivity index (χ1) is 7.05. The Morgan fingerprint density at radius 3 is 2.07 bits per heavy atom. The third kappa shape index (κ3) is 8.00. The highest BCUT2D eigenvalue weighted by atomic mass is 28.3. The number of hydrogen-bond acceptors (Lipinski definition) is 2. The average molecular weight is 231 g/mol. The van der Waals surface area contributed by atoms with Crippen LogP contribution in [0.3, 0.4) is 0 Å².